The van der Waals surface area contributed by atoms with Crippen LogP contribution in [0.15, 0.2) is 48.8 Å². The summed E-state index contributed by atoms with van der Waals surface area (Å²) in [6, 6.07) is 7.63. The monoisotopic (exact) mass is 299 g/mol. The molecule has 0 bridgehead atoms. The van der Waals surface area contributed by atoms with Gasteiger partial charge in [-0.05, 0) is 29.8 Å². The van der Waals surface area contributed by atoms with Gasteiger partial charge in [0.05, 0.1) is 0 Å². The Morgan fingerprint density at radius 3 is 2.05 bits per heavy atom. The third-order valence-corrected chi connectivity index (χ3v) is 3.26. The number of phenolic OH excluding ortho intramolecular Hbond substituents is 1. The number of carboxylic acids is 1. The lowest BCUT2D eigenvalue weighted by Crippen LogP contribution is -2.55. The summed E-state index contributed by atoms with van der Waals surface area (Å²) in [6.07, 6.45) is -3.62. The minimum atomic E-state index is -4.99. The molecule has 0 aliphatic rings. The maximum Gasteiger partial charge on any atom is 0.423 e. The summed E-state index contributed by atoms with van der Waals surface area (Å²) in [5.74, 6) is -2.09. The van der Waals surface area contributed by atoms with Crippen LogP contribution in [0.2, 0.25) is 0 Å². The molecule has 0 saturated carbocycles. The van der Waals surface area contributed by atoms with Crippen LogP contribution in [0.5, 0.6) is 5.75 Å². The molecule has 2 N–H and O–H groups in total. The van der Waals surface area contributed by atoms with Crippen LogP contribution < -0.4 is 0 Å². The van der Waals surface area contributed by atoms with E-state index in [1.807, 2.05) is 0 Å². The van der Waals surface area contributed by atoms with Crippen LogP contribution in [0.3, 0.4) is 0 Å². The molecular weight excluding hydrogens is 287 g/mol. The number of carboxylic acid groups (broad SMARTS) is 1. The number of aromatic nitrogens is 1. The third-order valence-electron chi connectivity index (χ3n) is 3.26. The number of alkyl halides is 3. The van der Waals surface area contributed by atoms with Crippen molar-refractivity contribution in [2.75, 3.05) is 0 Å². The summed E-state index contributed by atoms with van der Waals surface area (Å²) >= 11 is 0. The summed E-state index contributed by atoms with van der Waals surface area (Å²) < 4.78 is 41.2. The molecule has 1 unspecified atom stereocenters. The molecule has 0 saturated heterocycles. The Bertz CT molecular complexity index is 620. The average molecular weight is 299 g/mol. The second kappa shape index (κ2) is 5.16. The first kappa shape index (κ1) is 15.0. The highest BCUT2D eigenvalue weighted by Crippen LogP contribution is 2.40. The van der Waals surface area contributed by atoms with Crippen molar-refractivity contribution in [1.82, 2.24) is 4.57 Å². The summed E-state index contributed by atoms with van der Waals surface area (Å²) in [6.45, 7) is 0. The number of hydrogen-bond acceptors (Lipinski definition) is 2. The zero-order chi connectivity index (χ0) is 15.7. The molecule has 0 fully saturated rings. The second-order valence-electron chi connectivity index (χ2n) is 4.60. The summed E-state index contributed by atoms with van der Waals surface area (Å²) in [5, 5.41) is 18.4. The minimum absolute atomic E-state index is 0.104. The number of aromatic hydroxyl groups is 1. The van der Waals surface area contributed by atoms with Crippen LogP contribution in [0.4, 0.5) is 13.2 Å². The molecule has 2 rings (SSSR count). The number of halogens is 3. The van der Waals surface area contributed by atoms with Crippen LogP contribution in [-0.4, -0.2) is 26.9 Å². The van der Waals surface area contributed by atoms with E-state index in [4.69, 9.17) is 5.11 Å². The van der Waals surface area contributed by atoms with Crippen molar-refractivity contribution in [3.63, 3.8) is 0 Å². The molecule has 112 valence electrons. The first-order valence-electron chi connectivity index (χ1n) is 5.99. The lowest BCUT2D eigenvalue weighted by molar-refractivity contribution is -0.224. The maximum atomic E-state index is 13.5. The van der Waals surface area contributed by atoms with Crippen molar-refractivity contribution in [1.29, 1.82) is 0 Å². The molecular formula is C14H12F3NO3. The largest absolute Gasteiger partial charge is 0.508 e. The highest BCUT2D eigenvalue weighted by atomic mass is 19.4. The van der Waals surface area contributed by atoms with Crippen molar-refractivity contribution in [3.8, 4) is 5.75 Å². The summed E-state index contributed by atoms with van der Waals surface area (Å²) in [7, 11) is 0. The highest BCUT2D eigenvalue weighted by molar-refractivity contribution is 5.78. The van der Waals surface area contributed by atoms with Gasteiger partial charge in [-0.3, -0.25) is 0 Å². The van der Waals surface area contributed by atoms with E-state index in [0.717, 1.165) is 12.4 Å². The van der Waals surface area contributed by atoms with Crippen molar-refractivity contribution in [2.24, 2.45) is 0 Å². The number of benzene rings is 1. The SMILES string of the molecule is O=C(O)C(Cc1ccc(O)cc1)(n1cccc1)C(F)(F)F. The van der Waals surface area contributed by atoms with Gasteiger partial charge < -0.3 is 14.8 Å². The molecule has 1 aromatic carbocycles. The van der Waals surface area contributed by atoms with Crippen LogP contribution in [-0.2, 0) is 16.8 Å². The molecule has 0 spiro atoms. The Kier molecular flexibility index (Phi) is 3.67. The number of carbonyl (C=O) groups is 1. The van der Waals surface area contributed by atoms with E-state index in [9.17, 15) is 23.1 Å². The van der Waals surface area contributed by atoms with Gasteiger partial charge in [0.2, 0.25) is 5.54 Å². The second-order valence-corrected chi connectivity index (χ2v) is 4.60. The van der Waals surface area contributed by atoms with E-state index >= 15 is 0 Å². The molecule has 0 aliphatic carbocycles. The topological polar surface area (TPSA) is 62.5 Å². The Morgan fingerprint density at radius 1 is 1.10 bits per heavy atom. The van der Waals surface area contributed by atoms with Gasteiger partial charge in [0.15, 0.2) is 0 Å². The van der Waals surface area contributed by atoms with Crippen molar-refractivity contribution in [3.05, 3.63) is 54.4 Å². The first-order valence-corrected chi connectivity index (χ1v) is 5.99. The Labute approximate surface area is 118 Å². The van der Waals surface area contributed by atoms with Gasteiger partial charge in [-0.15, -0.1) is 0 Å². The molecule has 0 radical (unpaired) electrons. The van der Waals surface area contributed by atoms with Gasteiger partial charge in [-0.25, -0.2) is 4.79 Å². The summed E-state index contributed by atoms with van der Waals surface area (Å²) in [4.78, 5) is 11.4. The normalized spacial score (nSPS) is 14.6. The maximum absolute atomic E-state index is 13.5. The molecule has 21 heavy (non-hydrogen) atoms. The van der Waals surface area contributed by atoms with Gasteiger partial charge in [-0.2, -0.15) is 13.2 Å². The van der Waals surface area contributed by atoms with Crippen molar-refractivity contribution >= 4 is 5.97 Å². The third kappa shape index (κ3) is 2.58. The number of phenols is 1. The van der Waals surface area contributed by atoms with E-state index in [2.05, 4.69) is 0 Å². The van der Waals surface area contributed by atoms with Crippen LogP contribution in [0, 0.1) is 0 Å². The lowest BCUT2D eigenvalue weighted by atomic mass is 9.89. The molecule has 2 aromatic rings. The smallest absolute Gasteiger partial charge is 0.423 e. The highest BCUT2D eigenvalue weighted by Gasteiger charge is 2.62. The standard InChI is InChI=1S/C14H12F3NO3/c15-14(16,17)13(12(20)21,18-7-1-2-8-18)9-10-3-5-11(19)6-4-10/h1-8,19H,9H2,(H,20,21). The summed E-state index contributed by atoms with van der Waals surface area (Å²) in [5.41, 5.74) is -2.94. The Morgan fingerprint density at radius 2 is 1.62 bits per heavy atom. The van der Waals surface area contributed by atoms with E-state index in [1.54, 1.807) is 0 Å². The fraction of sp³-hybridized carbons (Fsp3) is 0.214. The Balaban J connectivity index is 2.55. The molecule has 1 heterocycles. The number of aliphatic carboxylic acids is 1. The Hall–Kier alpha value is -2.44. The number of nitrogens with zero attached hydrogens (tertiary/aromatic N) is 1. The molecule has 0 aliphatic heterocycles. The van der Waals surface area contributed by atoms with Crippen molar-refractivity contribution < 1.29 is 28.2 Å². The number of rotatable bonds is 4. The molecule has 1 aromatic heterocycles. The van der Waals surface area contributed by atoms with Crippen LogP contribution >= 0.6 is 0 Å². The van der Waals surface area contributed by atoms with Crippen LogP contribution in [0.25, 0.3) is 0 Å². The average Bonchev–Trinajstić information content (AvgIpc) is 2.90. The fourth-order valence-electron chi connectivity index (χ4n) is 2.14. The quantitative estimate of drug-likeness (QED) is 0.912. The minimum Gasteiger partial charge on any atom is -0.508 e. The molecule has 7 heteroatoms. The molecule has 0 amide bonds. The first-order chi connectivity index (χ1) is 9.77. The molecule has 1 atom stereocenters. The van der Waals surface area contributed by atoms with Gasteiger partial charge in [0, 0.05) is 18.8 Å². The van der Waals surface area contributed by atoms with Gasteiger partial charge in [-0.1, -0.05) is 12.1 Å². The van der Waals surface area contributed by atoms with Crippen molar-refractivity contribution in [2.45, 2.75) is 18.1 Å². The van der Waals surface area contributed by atoms with Gasteiger partial charge >= 0.3 is 12.1 Å². The zero-order valence-corrected chi connectivity index (χ0v) is 10.7. The van der Waals surface area contributed by atoms with Gasteiger partial charge in [0.1, 0.15) is 5.75 Å². The van der Waals surface area contributed by atoms with E-state index in [0.29, 0.717) is 4.57 Å². The zero-order valence-electron chi connectivity index (χ0n) is 10.7. The predicted molar refractivity (Wildman–Crippen MR) is 67.9 cm³/mol. The molecule has 4 nitrogen and oxygen atoms in total. The van der Waals surface area contributed by atoms with E-state index < -0.39 is 24.1 Å². The van der Waals surface area contributed by atoms with E-state index in [1.165, 1.54) is 36.4 Å². The van der Waals surface area contributed by atoms with Crippen LogP contribution in [0.1, 0.15) is 5.56 Å². The number of hydrogen-bond donors (Lipinski definition) is 2. The lowest BCUT2D eigenvalue weighted by Gasteiger charge is -2.33. The fourth-order valence-corrected chi connectivity index (χ4v) is 2.14. The van der Waals surface area contributed by atoms with E-state index in [-0.39, 0.29) is 11.3 Å². The predicted octanol–water partition coefficient (Wildman–Crippen LogP) is 2.78. The van der Waals surface area contributed by atoms with Gasteiger partial charge in [0.25, 0.3) is 0 Å².